The summed E-state index contributed by atoms with van der Waals surface area (Å²) in [6.45, 7) is 5.39. The number of hydrogen-bond acceptors (Lipinski definition) is 5. The second kappa shape index (κ2) is 6.64. The molecule has 4 heterocycles. The van der Waals surface area contributed by atoms with E-state index < -0.39 is 0 Å². The molecule has 7 heteroatoms. The smallest absolute Gasteiger partial charge is 0.239 e. The molecule has 2 atom stereocenters. The summed E-state index contributed by atoms with van der Waals surface area (Å²) in [5.41, 5.74) is 1.32. The first-order valence-corrected chi connectivity index (χ1v) is 9.53. The largest absolute Gasteiger partial charge is 0.337 e. The van der Waals surface area contributed by atoms with E-state index in [1.165, 1.54) is 10.4 Å². The Hall–Kier alpha value is -1.73. The third-order valence-corrected chi connectivity index (χ3v) is 6.15. The number of aromatic nitrogens is 3. The fourth-order valence-electron chi connectivity index (χ4n) is 3.64. The quantitative estimate of drug-likeness (QED) is 0.911. The summed E-state index contributed by atoms with van der Waals surface area (Å²) in [5.74, 6) is 1.83. The molecule has 0 saturated carbocycles. The molecule has 4 rings (SSSR count). The van der Waals surface area contributed by atoms with Crippen LogP contribution in [0.5, 0.6) is 0 Å². The van der Waals surface area contributed by atoms with E-state index in [0.29, 0.717) is 5.92 Å². The summed E-state index contributed by atoms with van der Waals surface area (Å²) >= 11 is 1.81. The Morgan fingerprint density at radius 1 is 1.50 bits per heavy atom. The van der Waals surface area contributed by atoms with Crippen molar-refractivity contribution in [2.75, 3.05) is 13.1 Å². The van der Waals surface area contributed by atoms with Crippen molar-refractivity contribution in [1.82, 2.24) is 25.0 Å². The lowest BCUT2D eigenvalue weighted by Gasteiger charge is -2.31. The fourth-order valence-corrected chi connectivity index (χ4v) is 4.53. The zero-order valence-corrected chi connectivity index (χ0v) is 14.8. The number of nitrogens with zero attached hydrogens (tertiary/aromatic N) is 4. The first-order valence-electron chi connectivity index (χ1n) is 8.65. The second-order valence-electron chi connectivity index (χ2n) is 6.81. The van der Waals surface area contributed by atoms with Crippen LogP contribution in [0.3, 0.4) is 0 Å². The summed E-state index contributed by atoms with van der Waals surface area (Å²) in [5, 5.41) is 13.7. The molecule has 2 aliphatic rings. The molecule has 1 amide bonds. The maximum Gasteiger partial charge on any atom is 0.239 e. The van der Waals surface area contributed by atoms with Crippen LogP contribution in [0, 0.1) is 5.92 Å². The Morgan fingerprint density at radius 2 is 2.42 bits per heavy atom. The van der Waals surface area contributed by atoms with Gasteiger partial charge in [0.25, 0.3) is 0 Å². The van der Waals surface area contributed by atoms with Crippen LogP contribution in [-0.2, 0) is 30.7 Å². The van der Waals surface area contributed by atoms with Gasteiger partial charge in [-0.25, -0.2) is 0 Å². The van der Waals surface area contributed by atoms with Gasteiger partial charge >= 0.3 is 0 Å². The van der Waals surface area contributed by atoms with Gasteiger partial charge < -0.3 is 14.8 Å². The van der Waals surface area contributed by atoms with Gasteiger partial charge in [-0.1, -0.05) is 0 Å². The van der Waals surface area contributed by atoms with Gasteiger partial charge in [0.15, 0.2) is 0 Å². The predicted molar refractivity (Wildman–Crippen MR) is 92.7 cm³/mol. The first kappa shape index (κ1) is 15.8. The highest BCUT2D eigenvalue weighted by Gasteiger charge is 2.26. The summed E-state index contributed by atoms with van der Waals surface area (Å²) in [7, 11) is 0. The third-order valence-electron chi connectivity index (χ3n) is 5.13. The molecule has 0 aromatic carbocycles. The van der Waals surface area contributed by atoms with Gasteiger partial charge in [-0.3, -0.25) is 4.79 Å². The zero-order chi connectivity index (χ0) is 16.5. The molecule has 0 spiro atoms. The van der Waals surface area contributed by atoms with Crippen molar-refractivity contribution in [3.63, 3.8) is 0 Å². The van der Waals surface area contributed by atoms with Crippen LogP contribution in [0.1, 0.15) is 29.6 Å². The van der Waals surface area contributed by atoms with E-state index in [0.717, 1.165) is 51.3 Å². The van der Waals surface area contributed by atoms with Crippen molar-refractivity contribution < 1.29 is 4.79 Å². The molecular formula is C17H23N5OS. The van der Waals surface area contributed by atoms with E-state index in [9.17, 15) is 4.79 Å². The van der Waals surface area contributed by atoms with E-state index >= 15 is 0 Å². The SMILES string of the molecule is C[C@@H](NC[C@H]1CCc2nncn2C1)C(=O)N1CCc2sccc2C1. The van der Waals surface area contributed by atoms with E-state index in [2.05, 4.69) is 31.5 Å². The van der Waals surface area contributed by atoms with E-state index in [1.807, 2.05) is 18.2 Å². The minimum atomic E-state index is -0.132. The standard InChI is InChI=1S/C17H23N5OS/c1-12(17(23)21-6-4-15-14(10-21)5-7-24-15)18-8-13-2-3-16-20-19-11-22(16)9-13/h5,7,11-13,18H,2-4,6,8-10H2,1H3/t12-,13-/m1/s1. The lowest BCUT2D eigenvalue weighted by atomic mass is 9.99. The van der Waals surface area contributed by atoms with Crippen LogP contribution in [0.4, 0.5) is 0 Å². The molecule has 0 saturated heterocycles. The Bertz CT molecular complexity index is 724. The number of nitrogens with one attached hydrogen (secondary N) is 1. The molecule has 2 aromatic heterocycles. The van der Waals surface area contributed by atoms with Crippen LogP contribution in [0.25, 0.3) is 0 Å². The van der Waals surface area contributed by atoms with Crippen molar-refractivity contribution >= 4 is 17.2 Å². The molecule has 24 heavy (non-hydrogen) atoms. The highest BCUT2D eigenvalue weighted by Crippen LogP contribution is 2.24. The van der Waals surface area contributed by atoms with Gasteiger partial charge in [-0.2, -0.15) is 0 Å². The minimum absolute atomic E-state index is 0.132. The average molecular weight is 345 g/mol. The lowest BCUT2D eigenvalue weighted by Crippen LogP contribution is -2.48. The Balaban J connectivity index is 1.29. The van der Waals surface area contributed by atoms with Gasteiger partial charge in [0.2, 0.25) is 5.91 Å². The number of hydrogen-bond donors (Lipinski definition) is 1. The van der Waals surface area contributed by atoms with E-state index in [4.69, 9.17) is 0 Å². The molecular weight excluding hydrogens is 322 g/mol. The molecule has 2 aromatic rings. The topological polar surface area (TPSA) is 63.1 Å². The Morgan fingerprint density at radius 3 is 3.33 bits per heavy atom. The number of thiophene rings is 1. The molecule has 6 nitrogen and oxygen atoms in total. The maximum atomic E-state index is 12.7. The van der Waals surface area contributed by atoms with E-state index in [-0.39, 0.29) is 11.9 Å². The van der Waals surface area contributed by atoms with Crippen LogP contribution < -0.4 is 5.32 Å². The van der Waals surface area contributed by atoms with Crippen molar-refractivity contribution in [3.8, 4) is 0 Å². The summed E-state index contributed by atoms with van der Waals surface area (Å²) in [6, 6.07) is 2.02. The van der Waals surface area contributed by atoms with Crippen LogP contribution in [0.2, 0.25) is 0 Å². The van der Waals surface area contributed by atoms with Gasteiger partial charge in [-0.05, 0) is 42.7 Å². The second-order valence-corrected chi connectivity index (χ2v) is 7.81. The van der Waals surface area contributed by atoms with Gasteiger partial charge in [0, 0.05) is 37.5 Å². The average Bonchev–Trinajstić information content (AvgIpc) is 3.26. The summed E-state index contributed by atoms with van der Waals surface area (Å²) in [4.78, 5) is 16.1. The Kier molecular flexibility index (Phi) is 4.37. The molecule has 0 fully saturated rings. The molecule has 0 bridgehead atoms. The van der Waals surface area contributed by atoms with Crippen molar-refractivity contribution in [1.29, 1.82) is 0 Å². The number of aryl methyl sites for hydroxylation is 1. The fraction of sp³-hybridized carbons (Fsp3) is 0.588. The molecule has 0 unspecified atom stereocenters. The van der Waals surface area contributed by atoms with Crippen molar-refractivity contribution in [2.24, 2.45) is 5.92 Å². The number of carbonyl (C=O) groups excluding carboxylic acids is 1. The molecule has 0 radical (unpaired) electrons. The highest BCUT2D eigenvalue weighted by molar-refractivity contribution is 7.10. The molecule has 2 aliphatic heterocycles. The van der Waals surface area contributed by atoms with E-state index in [1.54, 1.807) is 11.3 Å². The lowest BCUT2D eigenvalue weighted by molar-refractivity contribution is -0.134. The summed E-state index contributed by atoms with van der Waals surface area (Å²) < 4.78 is 2.13. The van der Waals surface area contributed by atoms with Gasteiger partial charge in [-0.15, -0.1) is 21.5 Å². The zero-order valence-electron chi connectivity index (χ0n) is 13.9. The molecule has 128 valence electrons. The van der Waals surface area contributed by atoms with Crippen molar-refractivity contribution in [2.45, 2.75) is 45.3 Å². The van der Waals surface area contributed by atoms with Gasteiger partial charge in [0.1, 0.15) is 12.2 Å². The highest BCUT2D eigenvalue weighted by atomic mass is 32.1. The summed E-state index contributed by atoms with van der Waals surface area (Å²) in [6.07, 6.45) is 4.88. The van der Waals surface area contributed by atoms with Crippen LogP contribution >= 0.6 is 11.3 Å². The predicted octanol–water partition coefficient (Wildman–Crippen LogP) is 1.46. The normalized spacial score (nSPS) is 21.2. The minimum Gasteiger partial charge on any atom is -0.337 e. The van der Waals surface area contributed by atoms with Crippen molar-refractivity contribution in [3.05, 3.63) is 34.0 Å². The maximum absolute atomic E-state index is 12.7. The van der Waals surface area contributed by atoms with Crippen LogP contribution in [0.15, 0.2) is 17.8 Å². The number of fused-ring (bicyclic) bond motifs is 2. The Labute approximate surface area is 145 Å². The number of amides is 1. The molecule has 1 N–H and O–H groups in total. The number of rotatable bonds is 4. The monoisotopic (exact) mass is 345 g/mol. The third kappa shape index (κ3) is 3.10. The molecule has 0 aliphatic carbocycles. The van der Waals surface area contributed by atoms with Gasteiger partial charge in [0.05, 0.1) is 6.04 Å². The van der Waals surface area contributed by atoms with Crippen LogP contribution in [-0.4, -0.2) is 44.7 Å². The first-order chi connectivity index (χ1) is 11.7. The number of carbonyl (C=O) groups is 1.